The van der Waals surface area contributed by atoms with Gasteiger partial charge in [0.25, 0.3) is 0 Å². The average molecular weight is 250 g/mol. The van der Waals surface area contributed by atoms with Crippen molar-refractivity contribution in [2.24, 2.45) is 5.92 Å². The molecule has 3 heteroatoms. The fourth-order valence-corrected chi connectivity index (χ4v) is 4.75. The van der Waals surface area contributed by atoms with Crippen molar-refractivity contribution in [1.82, 2.24) is 10.3 Å². The normalized spacial score (nSPS) is 32.0. The molecule has 1 aromatic heterocycles. The van der Waals surface area contributed by atoms with Crippen LogP contribution in [0.2, 0.25) is 0 Å². The standard InChI is InChI=1S/C14H22N2S/c1-3-15-14(8-10(2)9-14)13-16-11-6-4-5-7-12(11)17-13/h10,15H,3-9H2,1-2H3. The largest absolute Gasteiger partial charge is 0.306 e. The van der Waals surface area contributed by atoms with Crippen molar-refractivity contribution in [3.05, 3.63) is 15.6 Å². The van der Waals surface area contributed by atoms with Gasteiger partial charge in [-0.2, -0.15) is 0 Å². The van der Waals surface area contributed by atoms with Crippen molar-refractivity contribution >= 4 is 11.3 Å². The zero-order chi connectivity index (χ0) is 11.9. The van der Waals surface area contributed by atoms with Crippen LogP contribution in [0.15, 0.2) is 0 Å². The molecule has 1 saturated carbocycles. The van der Waals surface area contributed by atoms with Crippen molar-refractivity contribution in [1.29, 1.82) is 0 Å². The Morgan fingerprint density at radius 3 is 2.76 bits per heavy atom. The zero-order valence-corrected chi connectivity index (χ0v) is 11.7. The Hall–Kier alpha value is -0.410. The SMILES string of the molecule is CCNC1(c2nc3c(s2)CCCC3)CC(C)C1. The van der Waals surface area contributed by atoms with Gasteiger partial charge in [0.1, 0.15) is 5.01 Å². The molecule has 2 aliphatic rings. The first-order valence-corrected chi connectivity index (χ1v) is 7.79. The van der Waals surface area contributed by atoms with Crippen LogP contribution in [0.25, 0.3) is 0 Å². The maximum atomic E-state index is 4.95. The van der Waals surface area contributed by atoms with Gasteiger partial charge >= 0.3 is 0 Å². The van der Waals surface area contributed by atoms with E-state index in [4.69, 9.17) is 4.98 Å². The van der Waals surface area contributed by atoms with Gasteiger partial charge in [0, 0.05) is 4.88 Å². The van der Waals surface area contributed by atoms with E-state index in [9.17, 15) is 0 Å². The summed E-state index contributed by atoms with van der Waals surface area (Å²) in [5, 5.41) is 5.08. The van der Waals surface area contributed by atoms with Crippen molar-refractivity contribution < 1.29 is 0 Å². The van der Waals surface area contributed by atoms with Crippen LogP contribution in [0.5, 0.6) is 0 Å². The molecule has 0 radical (unpaired) electrons. The second-order valence-electron chi connectivity index (χ2n) is 5.72. The lowest BCUT2D eigenvalue weighted by atomic mass is 9.69. The number of rotatable bonds is 3. The third-order valence-electron chi connectivity index (χ3n) is 4.16. The van der Waals surface area contributed by atoms with E-state index in [1.54, 1.807) is 4.88 Å². The van der Waals surface area contributed by atoms with Gasteiger partial charge in [0.15, 0.2) is 0 Å². The summed E-state index contributed by atoms with van der Waals surface area (Å²) in [6, 6.07) is 0. The summed E-state index contributed by atoms with van der Waals surface area (Å²) in [4.78, 5) is 6.53. The van der Waals surface area contributed by atoms with Crippen molar-refractivity contribution in [3.63, 3.8) is 0 Å². The minimum Gasteiger partial charge on any atom is -0.306 e. The fourth-order valence-electron chi connectivity index (χ4n) is 3.42. The molecule has 17 heavy (non-hydrogen) atoms. The third kappa shape index (κ3) is 1.93. The maximum absolute atomic E-state index is 4.95. The molecule has 0 amide bonds. The van der Waals surface area contributed by atoms with E-state index < -0.39 is 0 Å². The Morgan fingerprint density at radius 1 is 1.35 bits per heavy atom. The topological polar surface area (TPSA) is 24.9 Å². The van der Waals surface area contributed by atoms with Gasteiger partial charge in [0.05, 0.1) is 11.2 Å². The molecule has 1 N–H and O–H groups in total. The highest BCUT2D eigenvalue weighted by Gasteiger charge is 2.45. The number of hydrogen-bond donors (Lipinski definition) is 1. The molecule has 0 unspecified atom stereocenters. The number of fused-ring (bicyclic) bond motifs is 1. The number of aromatic nitrogens is 1. The first-order chi connectivity index (χ1) is 8.23. The molecule has 1 fully saturated rings. The van der Waals surface area contributed by atoms with Crippen LogP contribution in [0.1, 0.15) is 55.1 Å². The highest BCUT2D eigenvalue weighted by atomic mass is 32.1. The predicted octanol–water partition coefficient (Wildman–Crippen LogP) is 3.26. The lowest BCUT2D eigenvalue weighted by Gasteiger charge is -2.45. The van der Waals surface area contributed by atoms with Gasteiger partial charge in [-0.05, 0) is 51.0 Å². The molecule has 1 aromatic rings. The third-order valence-corrected chi connectivity index (χ3v) is 5.53. The Bertz CT molecular complexity index is 375. The molecular formula is C14H22N2S. The summed E-state index contributed by atoms with van der Waals surface area (Å²) in [5.41, 5.74) is 1.64. The van der Waals surface area contributed by atoms with E-state index in [1.807, 2.05) is 11.3 Å². The van der Waals surface area contributed by atoms with Gasteiger partial charge in [0.2, 0.25) is 0 Å². The van der Waals surface area contributed by atoms with Gasteiger partial charge in [-0.1, -0.05) is 13.8 Å². The molecule has 2 nitrogen and oxygen atoms in total. The highest BCUT2D eigenvalue weighted by Crippen LogP contribution is 2.47. The molecule has 94 valence electrons. The molecule has 1 heterocycles. The second kappa shape index (κ2) is 4.36. The summed E-state index contributed by atoms with van der Waals surface area (Å²) >= 11 is 1.99. The van der Waals surface area contributed by atoms with Gasteiger partial charge in [-0.15, -0.1) is 11.3 Å². The Balaban J connectivity index is 1.88. The van der Waals surface area contributed by atoms with Crippen LogP contribution >= 0.6 is 11.3 Å². The minimum absolute atomic E-state index is 0.232. The van der Waals surface area contributed by atoms with E-state index in [2.05, 4.69) is 19.2 Å². The van der Waals surface area contributed by atoms with Gasteiger partial charge in [-0.3, -0.25) is 0 Å². The molecule has 0 spiro atoms. The summed E-state index contributed by atoms with van der Waals surface area (Å²) in [6.45, 7) is 5.61. The van der Waals surface area contributed by atoms with Crippen molar-refractivity contribution in [2.75, 3.05) is 6.54 Å². The minimum atomic E-state index is 0.232. The van der Waals surface area contributed by atoms with Crippen molar-refractivity contribution in [2.45, 2.75) is 57.9 Å². The van der Waals surface area contributed by atoms with Crippen LogP contribution in [-0.2, 0) is 18.4 Å². The maximum Gasteiger partial charge on any atom is 0.113 e. The quantitative estimate of drug-likeness (QED) is 0.890. The monoisotopic (exact) mass is 250 g/mol. The molecule has 0 atom stereocenters. The summed E-state index contributed by atoms with van der Waals surface area (Å²) < 4.78 is 0. The van der Waals surface area contributed by atoms with Crippen LogP contribution in [-0.4, -0.2) is 11.5 Å². The number of hydrogen-bond acceptors (Lipinski definition) is 3. The van der Waals surface area contributed by atoms with Crippen LogP contribution in [0.4, 0.5) is 0 Å². The summed E-state index contributed by atoms with van der Waals surface area (Å²) in [7, 11) is 0. The van der Waals surface area contributed by atoms with E-state index >= 15 is 0 Å². The van der Waals surface area contributed by atoms with Crippen LogP contribution < -0.4 is 5.32 Å². The molecule has 3 rings (SSSR count). The molecule has 0 aromatic carbocycles. The first kappa shape index (κ1) is 11.7. The molecule has 0 bridgehead atoms. The Labute approximate surface area is 108 Å². The molecule has 0 aliphatic heterocycles. The smallest absolute Gasteiger partial charge is 0.113 e. The van der Waals surface area contributed by atoms with Crippen LogP contribution in [0, 0.1) is 5.92 Å². The Kier molecular flexibility index (Phi) is 2.99. The van der Waals surface area contributed by atoms with Gasteiger partial charge in [-0.25, -0.2) is 4.98 Å². The molecule has 0 saturated heterocycles. The van der Waals surface area contributed by atoms with Gasteiger partial charge < -0.3 is 5.32 Å². The average Bonchev–Trinajstić information content (AvgIpc) is 2.70. The number of nitrogens with one attached hydrogen (secondary N) is 1. The van der Waals surface area contributed by atoms with E-state index in [1.165, 1.54) is 49.2 Å². The van der Waals surface area contributed by atoms with E-state index in [0.29, 0.717) is 0 Å². The van der Waals surface area contributed by atoms with Crippen molar-refractivity contribution in [3.8, 4) is 0 Å². The number of thiazole rings is 1. The van der Waals surface area contributed by atoms with E-state index in [-0.39, 0.29) is 5.54 Å². The lowest BCUT2D eigenvalue weighted by molar-refractivity contribution is 0.116. The lowest BCUT2D eigenvalue weighted by Crippen LogP contribution is -2.51. The number of aryl methyl sites for hydroxylation is 2. The summed E-state index contributed by atoms with van der Waals surface area (Å²) in [6.07, 6.45) is 7.72. The molecule has 2 aliphatic carbocycles. The second-order valence-corrected chi connectivity index (χ2v) is 6.81. The van der Waals surface area contributed by atoms with E-state index in [0.717, 1.165) is 12.5 Å². The zero-order valence-electron chi connectivity index (χ0n) is 10.9. The number of nitrogens with zero attached hydrogens (tertiary/aromatic N) is 1. The first-order valence-electron chi connectivity index (χ1n) is 6.97. The van der Waals surface area contributed by atoms with Crippen LogP contribution in [0.3, 0.4) is 0 Å². The fraction of sp³-hybridized carbons (Fsp3) is 0.786. The predicted molar refractivity (Wildman–Crippen MR) is 72.5 cm³/mol. The molecular weight excluding hydrogens is 228 g/mol. The Morgan fingerprint density at radius 2 is 2.12 bits per heavy atom. The summed E-state index contributed by atoms with van der Waals surface area (Å²) in [5.74, 6) is 0.856. The highest BCUT2D eigenvalue weighted by molar-refractivity contribution is 7.11.